The number of nitrogens with one attached hydrogen (secondary N) is 1. The smallest absolute Gasteiger partial charge is 0.0991 e. The minimum atomic E-state index is -1.03. The van der Waals surface area contributed by atoms with Gasteiger partial charge in [0.2, 0.25) is 0 Å². The first-order valence-electron chi connectivity index (χ1n) is 3.97. The zero-order valence-electron chi connectivity index (χ0n) is 7.04. The Bertz CT molecular complexity index is 239. The van der Waals surface area contributed by atoms with Crippen LogP contribution < -0.4 is 5.32 Å². The molecular weight excluding hydrogens is 172 g/mol. The third kappa shape index (κ3) is 1.99. The topological polar surface area (TPSA) is 101 Å². The van der Waals surface area contributed by atoms with Gasteiger partial charge in [-0.15, -0.1) is 6.58 Å². The molecule has 4 atom stereocenters. The van der Waals surface area contributed by atoms with Crippen molar-refractivity contribution in [1.29, 1.82) is 0 Å². The maximum atomic E-state index is 9.47. The molecule has 0 bridgehead atoms. The lowest BCUT2D eigenvalue weighted by molar-refractivity contribution is -0.0267. The summed E-state index contributed by atoms with van der Waals surface area (Å²) in [5, 5.41) is 25.2. The number of piperidine rings is 1. The van der Waals surface area contributed by atoms with Crippen LogP contribution in [0.2, 0.25) is 0 Å². The Kier molecular flexibility index (Phi) is 3.27. The summed E-state index contributed by atoms with van der Waals surface area (Å²) in [6.45, 7) is 3.85. The molecule has 13 heavy (non-hydrogen) atoms. The molecule has 1 aliphatic rings. The first-order valence-corrected chi connectivity index (χ1v) is 3.97. The van der Waals surface area contributed by atoms with Crippen molar-refractivity contribution in [2.75, 3.05) is 6.54 Å². The van der Waals surface area contributed by atoms with Gasteiger partial charge in [-0.2, -0.15) is 0 Å². The Balaban J connectivity index is 2.68. The van der Waals surface area contributed by atoms with Gasteiger partial charge in [0.1, 0.15) is 0 Å². The molecule has 1 aliphatic heterocycles. The SMILES string of the molecule is C=C[C@@H]1NC[C@@H](N=[N+]=[N-])[C@@H](O)[C@H]1O. The molecule has 0 saturated carbocycles. The van der Waals surface area contributed by atoms with E-state index in [9.17, 15) is 10.2 Å². The Labute approximate surface area is 75.5 Å². The highest BCUT2D eigenvalue weighted by Gasteiger charge is 2.34. The van der Waals surface area contributed by atoms with Gasteiger partial charge in [0.25, 0.3) is 0 Å². The molecule has 72 valence electrons. The molecule has 0 unspecified atom stereocenters. The van der Waals surface area contributed by atoms with Gasteiger partial charge >= 0.3 is 0 Å². The van der Waals surface area contributed by atoms with Crippen LogP contribution in [0.5, 0.6) is 0 Å². The number of nitrogens with zero attached hydrogens (tertiary/aromatic N) is 3. The molecule has 0 radical (unpaired) electrons. The zero-order valence-corrected chi connectivity index (χ0v) is 7.04. The summed E-state index contributed by atoms with van der Waals surface area (Å²) in [5.74, 6) is 0. The summed E-state index contributed by atoms with van der Waals surface area (Å²) >= 11 is 0. The number of rotatable bonds is 2. The van der Waals surface area contributed by atoms with Gasteiger partial charge in [-0.1, -0.05) is 11.2 Å². The third-order valence-corrected chi connectivity index (χ3v) is 2.13. The van der Waals surface area contributed by atoms with Crippen LogP contribution in [0, 0.1) is 0 Å². The second-order valence-electron chi connectivity index (χ2n) is 2.92. The zero-order chi connectivity index (χ0) is 9.84. The van der Waals surface area contributed by atoms with Crippen molar-refractivity contribution < 1.29 is 10.2 Å². The summed E-state index contributed by atoms with van der Waals surface area (Å²) < 4.78 is 0. The van der Waals surface area contributed by atoms with Crippen molar-refractivity contribution in [2.45, 2.75) is 24.3 Å². The normalized spacial score (nSPS) is 39.2. The monoisotopic (exact) mass is 184 g/mol. The Morgan fingerprint density at radius 2 is 2.23 bits per heavy atom. The van der Waals surface area contributed by atoms with E-state index in [-0.39, 0.29) is 6.04 Å². The standard InChI is InChI=1S/C7H12N4O2/c1-2-4-6(12)7(13)5(3-9-4)10-11-8/h2,4-7,9,12-13H,1,3H2/t4-,5+,6-,7+/m0/s1. The second kappa shape index (κ2) is 4.25. The summed E-state index contributed by atoms with van der Waals surface area (Å²) in [4.78, 5) is 2.58. The van der Waals surface area contributed by atoms with Gasteiger partial charge in [0, 0.05) is 11.5 Å². The van der Waals surface area contributed by atoms with Gasteiger partial charge in [0.15, 0.2) is 0 Å². The van der Waals surface area contributed by atoms with Gasteiger partial charge < -0.3 is 15.5 Å². The lowest BCUT2D eigenvalue weighted by Crippen LogP contribution is -2.58. The van der Waals surface area contributed by atoms with Crippen LogP contribution >= 0.6 is 0 Å². The molecule has 1 rings (SSSR count). The van der Waals surface area contributed by atoms with Crippen LogP contribution in [0.25, 0.3) is 10.4 Å². The van der Waals surface area contributed by atoms with Crippen LogP contribution in [-0.4, -0.2) is 41.0 Å². The average Bonchev–Trinajstić information content (AvgIpc) is 2.14. The second-order valence-corrected chi connectivity index (χ2v) is 2.92. The van der Waals surface area contributed by atoms with E-state index in [2.05, 4.69) is 21.9 Å². The molecule has 1 saturated heterocycles. The Hall–Kier alpha value is -1.07. The van der Waals surface area contributed by atoms with Crippen LogP contribution in [0.3, 0.4) is 0 Å². The fraction of sp³-hybridized carbons (Fsp3) is 0.714. The Morgan fingerprint density at radius 3 is 2.77 bits per heavy atom. The van der Waals surface area contributed by atoms with Crippen molar-refractivity contribution in [3.63, 3.8) is 0 Å². The molecule has 0 amide bonds. The minimum Gasteiger partial charge on any atom is -0.390 e. The van der Waals surface area contributed by atoms with Crippen LogP contribution in [0.1, 0.15) is 0 Å². The number of aliphatic hydroxyl groups excluding tert-OH is 2. The van der Waals surface area contributed by atoms with E-state index < -0.39 is 18.2 Å². The highest BCUT2D eigenvalue weighted by Crippen LogP contribution is 2.13. The van der Waals surface area contributed by atoms with Crippen molar-refractivity contribution >= 4 is 0 Å². The van der Waals surface area contributed by atoms with Gasteiger partial charge in [-0.25, -0.2) is 0 Å². The van der Waals surface area contributed by atoms with Crippen LogP contribution in [-0.2, 0) is 0 Å². The highest BCUT2D eigenvalue weighted by molar-refractivity contribution is 5.02. The third-order valence-electron chi connectivity index (χ3n) is 2.13. The van der Waals surface area contributed by atoms with Crippen LogP contribution in [0.15, 0.2) is 17.8 Å². The van der Waals surface area contributed by atoms with E-state index in [1.807, 2.05) is 0 Å². The number of azide groups is 1. The molecule has 0 aromatic carbocycles. The lowest BCUT2D eigenvalue weighted by Gasteiger charge is -2.34. The highest BCUT2D eigenvalue weighted by atomic mass is 16.3. The van der Waals surface area contributed by atoms with Crippen LogP contribution in [0.4, 0.5) is 0 Å². The van der Waals surface area contributed by atoms with Crippen molar-refractivity contribution in [1.82, 2.24) is 5.32 Å². The first-order chi connectivity index (χ1) is 6.20. The van der Waals surface area contributed by atoms with E-state index in [0.29, 0.717) is 6.54 Å². The van der Waals surface area contributed by atoms with Crippen molar-refractivity contribution in [3.8, 4) is 0 Å². The first kappa shape index (κ1) is 10.0. The maximum Gasteiger partial charge on any atom is 0.0991 e. The predicted molar refractivity (Wildman–Crippen MR) is 46.9 cm³/mol. The molecule has 6 nitrogen and oxygen atoms in total. The van der Waals surface area contributed by atoms with E-state index in [4.69, 9.17) is 5.53 Å². The maximum absolute atomic E-state index is 9.47. The number of aliphatic hydroxyl groups is 2. The largest absolute Gasteiger partial charge is 0.390 e. The number of hydrogen-bond acceptors (Lipinski definition) is 4. The minimum absolute atomic E-state index is 0.346. The molecule has 3 N–H and O–H groups in total. The molecule has 0 aromatic heterocycles. The summed E-state index contributed by atoms with van der Waals surface area (Å²) in [6.07, 6.45) is -0.484. The fourth-order valence-electron chi connectivity index (χ4n) is 1.34. The fourth-order valence-corrected chi connectivity index (χ4v) is 1.34. The van der Waals surface area contributed by atoms with Gasteiger partial charge in [0.05, 0.1) is 24.3 Å². The molecular formula is C7H12N4O2. The van der Waals surface area contributed by atoms with Crippen molar-refractivity contribution in [2.24, 2.45) is 5.11 Å². The molecule has 0 aliphatic carbocycles. The lowest BCUT2D eigenvalue weighted by atomic mass is 9.95. The van der Waals surface area contributed by atoms with E-state index >= 15 is 0 Å². The summed E-state index contributed by atoms with van der Waals surface area (Å²) in [7, 11) is 0. The van der Waals surface area contributed by atoms with Crippen molar-refractivity contribution in [3.05, 3.63) is 23.1 Å². The predicted octanol–water partition coefficient (Wildman–Crippen LogP) is -0.455. The molecule has 0 aromatic rings. The van der Waals surface area contributed by atoms with E-state index in [1.54, 1.807) is 0 Å². The number of hydrogen-bond donors (Lipinski definition) is 3. The van der Waals surface area contributed by atoms with E-state index in [1.165, 1.54) is 6.08 Å². The average molecular weight is 184 g/mol. The molecule has 1 fully saturated rings. The summed E-state index contributed by atoms with van der Waals surface area (Å²) in [5.41, 5.74) is 8.16. The summed E-state index contributed by atoms with van der Waals surface area (Å²) in [6, 6.07) is -0.962. The van der Waals surface area contributed by atoms with Gasteiger partial charge in [-0.05, 0) is 5.53 Å². The molecule has 1 heterocycles. The molecule has 6 heteroatoms. The van der Waals surface area contributed by atoms with Gasteiger partial charge in [-0.3, -0.25) is 0 Å². The quantitative estimate of drug-likeness (QED) is 0.234. The Morgan fingerprint density at radius 1 is 1.54 bits per heavy atom. The van der Waals surface area contributed by atoms with E-state index in [0.717, 1.165) is 0 Å². The molecule has 0 spiro atoms.